The summed E-state index contributed by atoms with van der Waals surface area (Å²) in [4.78, 5) is 12.1. The Morgan fingerprint density at radius 3 is 2.77 bits per heavy atom. The molecule has 0 aliphatic heterocycles. The summed E-state index contributed by atoms with van der Waals surface area (Å²) >= 11 is 0. The molecule has 1 N–H and O–H groups in total. The van der Waals surface area contributed by atoms with Crippen molar-refractivity contribution in [3.05, 3.63) is 69.1 Å². The number of aryl methyl sites for hydroxylation is 1. The first-order valence-electron chi connectivity index (χ1n) is 8.15. The summed E-state index contributed by atoms with van der Waals surface area (Å²) in [5.41, 5.74) is 2.00. The third kappa shape index (κ3) is 3.31. The van der Waals surface area contributed by atoms with Crippen LogP contribution < -0.4 is 10.4 Å². The van der Waals surface area contributed by atoms with Crippen LogP contribution in [0.25, 0.3) is 23.1 Å². The van der Waals surface area contributed by atoms with E-state index in [-0.39, 0.29) is 11.3 Å². The van der Waals surface area contributed by atoms with Crippen LogP contribution in [0.5, 0.6) is 11.5 Å². The Morgan fingerprint density at radius 1 is 1.23 bits per heavy atom. The van der Waals surface area contributed by atoms with Gasteiger partial charge in [0.25, 0.3) is 0 Å². The fourth-order valence-electron chi connectivity index (χ4n) is 2.70. The molecule has 0 spiro atoms. The summed E-state index contributed by atoms with van der Waals surface area (Å²) in [6.45, 7) is 4.19. The maximum Gasteiger partial charge on any atom is 0.354 e. The van der Waals surface area contributed by atoms with Gasteiger partial charge in [0.05, 0.1) is 6.61 Å². The molecule has 0 aliphatic rings. The normalized spacial score (nSPS) is 11.0. The molecule has 0 amide bonds. The highest BCUT2D eigenvalue weighted by molar-refractivity contribution is 5.92. The second-order valence-corrected chi connectivity index (χ2v) is 5.78. The first kappa shape index (κ1) is 17.3. The highest BCUT2D eigenvalue weighted by atomic mass is 16.5. The zero-order valence-corrected chi connectivity index (χ0v) is 14.4. The predicted octanol–water partition coefficient (Wildman–Crippen LogP) is 4.25. The number of hydrogen-bond donors (Lipinski definition) is 1. The van der Waals surface area contributed by atoms with E-state index < -0.39 is 5.63 Å². The molecule has 5 heteroatoms. The average molecular weight is 347 g/mol. The van der Waals surface area contributed by atoms with Gasteiger partial charge in [-0.2, -0.15) is 5.26 Å². The number of fused-ring (bicyclic) bond motifs is 1. The van der Waals surface area contributed by atoms with E-state index in [0.717, 1.165) is 11.1 Å². The van der Waals surface area contributed by atoms with Gasteiger partial charge >= 0.3 is 5.63 Å². The number of phenolic OH excluding ortho intramolecular Hbond substituents is 1. The second-order valence-electron chi connectivity index (χ2n) is 5.78. The monoisotopic (exact) mass is 347 g/mol. The van der Waals surface area contributed by atoms with Gasteiger partial charge in [0, 0.05) is 10.9 Å². The van der Waals surface area contributed by atoms with Gasteiger partial charge in [0.1, 0.15) is 17.2 Å². The minimum atomic E-state index is -0.663. The minimum Gasteiger partial charge on any atom is -0.504 e. The van der Waals surface area contributed by atoms with E-state index in [9.17, 15) is 15.2 Å². The van der Waals surface area contributed by atoms with Crippen LogP contribution in [0.3, 0.4) is 0 Å². The topological polar surface area (TPSA) is 83.5 Å². The number of hydrogen-bond acceptors (Lipinski definition) is 5. The van der Waals surface area contributed by atoms with Crippen molar-refractivity contribution in [1.82, 2.24) is 0 Å². The van der Waals surface area contributed by atoms with Crippen molar-refractivity contribution in [1.29, 1.82) is 5.26 Å². The van der Waals surface area contributed by atoms with Crippen LogP contribution in [0, 0.1) is 18.3 Å². The minimum absolute atomic E-state index is 0.0387. The first-order chi connectivity index (χ1) is 12.5. The van der Waals surface area contributed by atoms with Crippen molar-refractivity contribution in [3.8, 4) is 17.6 Å². The van der Waals surface area contributed by atoms with Crippen molar-refractivity contribution in [2.45, 2.75) is 13.8 Å². The third-order valence-corrected chi connectivity index (χ3v) is 3.94. The van der Waals surface area contributed by atoms with Crippen molar-refractivity contribution >= 4 is 23.1 Å². The Kier molecular flexibility index (Phi) is 4.76. The van der Waals surface area contributed by atoms with Gasteiger partial charge in [-0.25, -0.2) is 4.79 Å². The third-order valence-electron chi connectivity index (χ3n) is 3.94. The molecule has 1 heterocycles. The number of rotatable bonds is 4. The number of benzene rings is 2. The van der Waals surface area contributed by atoms with Crippen LogP contribution in [-0.2, 0) is 0 Å². The molecule has 26 heavy (non-hydrogen) atoms. The van der Waals surface area contributed by atoms with Gasteiger partial charge in [0.15, 0.2) is 11.5 Å². The first-order valence-corrected chi connectivity index (χ1v) is 8.15. The van der Waals surface area contributed by atoms with Crippen molar-refractivity contribution < 1.29 is 14.3 Å². The van der Waals surface area contributed by atoms with Crippen LogP contribution >= 0.6 is 0 Å². The summed E-state index contributed by atoms with van der Waals surface area (Å²) in [5.74, 6) is 0.437. The zero-order valence-electron chi connectivity index (χ0n) is 14.4. The SMILES string of the molecule is CCOc1cc(C=Cc2c(C#N)c(=O)oc3ccc(C)cc23)ccc1O. The molecule has 3 aromatic rings. The molecule has 0 aliphatic carbocycles. The summed E-state index contributed by atoms with van der Waals surface area (Å²) in [6, 6.07) is 12.3. The van der Waals surface area contributed by atoms with Crippen LogP contribution in [-0.4, -0.2) is 11.7 Å². The van der Waals surface area contributed by atoms with E-state index >= 15 is 0 Å². The largest absolute Gasteiger partial charge is 0.504 e. The van der Waals surface area contributed by atoms with E-state index in [1.807, 2.05) is 32.0 Å². The number of nitriles is 1. The highest BCUT2D eigenvalue weighted by Gasteiger charge is 2.12. The van der Waals surface area contributed by atoms with Crippen molar-refractivity contribution in [2.24, 2.45) is 0 Å². The molecular formula is C21H17NO4. The molecular weight excluding hydrogens is 330 g/mol. The molecule has 5 nitrogen and oxygen atoms in total. The van der Waals surface area contributed by atoms with Crippen LogP contribution in [0.4, 0.5) is 0 Å². The number of nitrogens with zero attached hydrogens (tertiary/aromatic N) is 1. The maximum absolute atomic E-state index is 12.1. The summed E-state index contributed by atoms with van der Waals surface area (Å²) in [6.07, 6.45) is 3.47. The van der Waals surface area contributed by atoms with Gasteiger partial charge in [0.2, 0.25) is 0 Å². The van der Waals surface area contributed by atoms with E-state index in [1.54, 1.807) is 30.4 Å². The standard InChI is InChI=1S/C21H17NO4/c1-3-25-20-11-14(6-8-18(20)23)5-7-15-16-10-13(2)4-9-19(16)26-21(24)17(15)12-22/h4-11,23H,3H2,1-2H3. The predicted molar refractivity (Wildman–Crippen MR) is 100 cm³/mol. The number of phenols is 1. The van der Waals surface area contributed by atoms with Crippen molar-refractivity contribution in [2.75, 3.05) is 6.61 Å². The van der Waals surface area contributed by atoms with Gasteiger partial charge in [-0.05, 0) is 43.7 Å². The molecule has 130 valence electrons. The average Bonchev–Trinajstić information content (AvgIpc) is 2.62. The summed E-state index contributed by atoms with van der Waals surface area (Å²) in [7, 11) is 0. The van der Waals surface area contributed by atoms with Gasteiger partial charge in [-0.3, -0.25) is 0 Å². The van der Waals surface area contributed by atoms with E-state index in [0.29, 0.717) is 28.9 Å². The van der Waals surface area contributed by atoms with Crippen LogP contribution in [0.2, 0.25) is 0 Å². The van der Waals surface area contributed by atoms with E-state index in [1.165, 1.54) is 6.07 Å². The molecule has 2 aromatic carbocycles. The fourth-order valence-corrected chi connectivity index (χ4v) is 2.70. The molecule has 0 saturated heterocycles. The van der Waals surface area contributed by atoms with Crippen LogP contribution in [0.15, 0.2) is 45.6 Å². The maximum atomic E-state index is 12.1. The Hall–Kier alpha value is -3.52. The van der Waals surface area contributed by atoms with Gasteiger partial charge in [-0.15, -0.1) is 0 Å². The lowest BCUT2D eigenvalue weighted by Gasteiger charge is -2.07. The number of ether oxygens (including phenoxy) is 1. The number of aromatic hydroxyl groups is 1. The quantitative estimate of drug-likeness (QED) is 0.713. The molecule has 0 atom stereocenters. The lowest BCUT2D eigenvalue weighted by atomic mass is 10.0. The zero-order chi connectivity index (χ0) is 18.7. The molecule has 1 aromatic heterocycles. The molecule has 0 bridgehead atoms. The van der Waals surface area contributed by atoms with Gasteiger partial charge < -0.3 is 14.3 Å². The smallest absolute Gasteiger partial charge is 0.354 e. The van der Waals surface area contributed by atoms with E-state index in [2.05, 4.69) is 0 Å². The Bertz CT molecular complexity index is 1100. The molecule has 0 fully saturated rings. The molecule has 0 saturated carbocycles. The van der Waals surface area contributed by atoms with Crippen LogP contribution in [0.1, 0.15) is 29.2 Å². The Balaban J connectivity index is 2.15. The molecule has 3 rings (SSSR count). The summed E-state index contributed by atoms with van der Waals surface area (Å²) < 4.78 is 10.6. The summed E-state index contributed by atoms with van der Waals surface area (Å²) in [5, 5.41) is 19.9. The second kappa shape index (κ2) is 7.16. The lowest BCUT2D eigenvalue weighted by molar-refractivity contribution is 0.318. The Morgan fingerprint density at radius 2 is 2.04 bits per heavy atom. The lowest BCUT2D eigenvalue weighted by Crippen LogP contribution is -2.06. The van der Waals surface area contributed by atoms with Gasteiger partial charge in [-0.1, -0.05) is 29.8 Å². The van der Waals surface area contributed by atoms with E-state index in [4.69, 9.17) is 9.15 Å². The highest BCUT2D eigenvalue weighted by Crippen LogP contribution is 2.28. The fraction of sp³-hybridized carbons (Fsp3) is 0.143. The van der Waals surface area contributed by atoms with Crippen molar-refractivity contribution in [3.63, 3.8) is 0 Å². The molecule has 0 unspecified atom stereocenters. The Labute approximate surface area is 150 Å². The molecule has 0 radical (unpaired) electrons.